The zero-order valence-electron chi connectivity index (χ0n) is 10.9. The molecular weight excluding hydrogens is 280 g/mol. The monoisotopic (exact) mass is 292 g/mol. The lowest BCUT2D eigenvalue weighted by Crippen LogP contribution is -2.13. The maximum atomic E-state index is 11.3. The number of hydrogen-bond donors (Lipinski definition) is 2. The molecule has 104 valence electrons. The molecule has 3 N–H and O–H groups in total. The van der Waals surface area contributed by atoms with E-state index in [1.807, 2.05) is 0 Å². The molecule has 0 aliphatic rings. The third-order valence-electron chi connectivity index (χ3n) is 2.84. The summed E-state index contributed by atoms with van der Waals surface area (Å²) < 4.78 is 3.07. The normalized spacial score (nSPS) is 11.3. The molecule has 9 nitrogen and oxygen atoms in total. The van der Waals surface area contributed by atoms with E-state index in [4.69, 9.17) is 5.73 Å². The standard InChI is InChI=1S/C10H12N8OS/c1-17-9(19)15-16-10(17)20-4-6-13-7(11)5-3-12-18(2)8(5)14-6/h3H,4H2,1-2H3,(H,15,19)(H2,11,13,14). The van der Waals surface area contributed by atoms with E-state index < -0.39 is 0 Å². The van der Waals surface area contributed by atoms with Crippen molar-refractivity contribution in [3.8, 4) is 0 Å². The van der Waals surface area contributed by atoms with Crippen LogP contribution in [0.2, 0.25) is 0 Å². The van der Waals surface area contributed by atoms with Gasteiger partial charge in [0.2, 0.25) is 0 Å². The van der Waals surface area contributed by atoms with E-state index in [1.165, 1.54) is 16.3 Å². The highest BCUT2D eigenvalue weighted by Crippen LogP contribution is 2.21. The third-order valence-corrected chi connectivity index (χ3v) is 3.86. The van der Waals surface area contributed by atoms with E-state index in [-0.39, 0.29) is 5.69 Å². The molecule has 3 heterocycles. The molecule has 0 fully saturated rings. The number of hydrogen-bond acceptors (Lipinski definition) is 7. The lowest BCUT2D eigenvalue weighted by atomic mass is 10.4. The molecule has 0 radical (unpaired) electrons. The molecule has 0 aromatic carbocycles. The Morgan fingerprint density at radius 2 is 2.20 bits per heavy atom. The van der Waals surface area contributed by atoms with Crippen molar-refractivity contribution in [3.63, 3.8) is 0 Å². The van der Waals surface area contributed by atoms with Gasteiger partial charge in [-0.1, -0.05) is 11.8 Å². The minimum atomic E-state index is -0.255. The van der Waals surface area contributed by atoms with Gasteiger partial charge in [-0.3, -0.25) is 9.25 Å². The van der Waals surface area contributed by atoms with Crippen molar-refractivity contribution in [2.24, 2.45) is 14.1 Å². The summed E-state index contributed by atoms with van der Waals surface area (Å²) in [6, 6.07) is 0. The second-order valence-corrected chi connectivity index (χ2v) is 5.13. The van der Waals surface area contributed by atoms with E-state index in [9.17, 15) is 4.79 Å². The Balaban J connectivity index is 1.89. The molecule has 0 saturated heterocycles. The van der Waals surface area contributed by atoms with Crippen molar-refractivity contribution in [2.75, 3.05) is 5.73 Å². The van der Waals surface area contributed by atoms with Gasteiger partial charge in [0.25, 0.3) is 0 Å². The molecule has 0 unspecified atom stereocenters. The van der Waals surface area contributed by atoms with Gasteiger partial charge < -0.3 is 5.73 Å². The summed E-state index contributed by atoms with van der Waals surface area (Å²) >= 11 is 1.36. The Morgan fingerprint density at radius 1 is 1.40 bits per heavy atom. The SMILES string of the molecule is Cn1c(SCc2nc(N)c3cnn(C)c3n2)n[nH]c1=O. The van der Waals surface area contributed by atoms with Crippen molar-refractivity contribution in [1.82, 2.24) is 34.5 Å². The van der Waals surface area contributed by atoms with Crippen LogP contribution in [0, 0.1) is 0 Å². The molecule has 0 spiro atoms. The van der Waals surface area contributed by atoms with Gasteiger partial charge in [-0.25, -0.2) is 19.9 Å². The maximum Gasteiger partial charge on any atom is 0.343 e. The highest BCUT2D eigenvalue weighted by Gasteiger charge is 2.11. The number of nitrogens with zero attached hydrogens (tertiary/aromatic N) is 6. The molecule has 3 aromatic rings. The van der Waals surface area contributed by atoms with Crippen LogP contribution in [0.1, 0.15) is 5.82 Å². The second-order valence-electron chi connectivity index (χ2n) is 4.19. The molecule has 0 aliphatic heterocycles. The number of aromatic nitrogens is 7. The quantitative estimate of drug-likeness (QED) is 0.633. The van der Waals surface area contributed by atoms with Crippen LogP contribution in [0.25, 0.3) is 11.0 Å². The number of nitrogens with one attached hydrogen (secondary N) is 1. The predicted octanol–water partition coefficient (Wildman–Crippen LogP) is -0.340. The average molecular weight is 292 g/mol. The van der Waals surface area contributed by atoms with Crippen LogP contribution in [-0.4, -0.2) is 34.5 Å². The van der Waals surface area contributed by atoms with E-state index in [1.54, 1.807) is 25.0 Å². The fourth-order valence-corrected chi connectivity index (χ4v) is 2.52. The van der Waals surface area contributed by atoms with Crippen molar-refractivity contribution in [3.05, 3.63) is 22.5 Å². The fraction of sp³-hybridized carbons (Fsp3) is 0.300. The number of H-pyrrole nitrogens is 1. The molecule has 3 aromatic heterocycles. The van der Waals surface area contributed by atoms with Gasteiger partial charge >= 0.3 is 5.69 Å². The molecule has 0 saturated carbocycles. The van der Waals surface area contributed by atoms with E-state index in [2.05, 4.69) is 25.3 Å². The summed E-state index contributed by atoms with van der Waals surface area (Å²) in [4.78, 5) is 19.9. The summed E-state index contributed by atoms with van der Waals surface area (Å²) in [6.07, 6.45) is 1.64. The van der Waals surface area contributed by atoms with Gasteiger partial charge in [-0.2, -0.15) is 5.10 Å². The number of nitrogen functional groups attached to an aromatic ring is 1. The summed E-state index contributed by atoms with van der Waals surface area (Å²) in [7, 11) is 3.44. The lowest BCUT2D eigenvalue weighted by Gasteiger charge is -2.02. The van der Waals surface area contributed by atoms with E-state index in [0.717, 1.165) is 5.39 Å². The van der Waals surface area contributed by atoms with Crippen LogP contribution in [-0.2, 0) is 19.8 Å². The van der Waals surface area contributed by atoms with Crippen LogP contribution >= 0.6 is 11.8 Å². The van der Waals surface area contributed by atoms with Crippen LogP contribution in [0.3, 0.4) is 0 Å². The first-order valence-electron chi connectivity index (χ1n) is 5.74. The molecule has 10 heteroatoms. The topological polar surface area (TPSA) is 120 Å². The van der Waals surface area contributed by atoms with Crippen molar-refractivity contribution < 1.29 is 0 Å². The van der Waals surface area contributed by atoms with Gasteiger partial charge in [0.1, 0.15) is 11.6 Å². The highest BCUT2D eigenvalue weighted by atomic mass is 32.2. The van der Waals surface area contributed by atoms with Gasteiger partial charge in [0.15, 0.2) is 10.8 Å². The number of anilines is 1. The van der Waals surface area contributed by atoms with Crippen LogP contribution in [0.15, 0.2) is 16.1 Å². The number of aromatic amines is 1. The molecule has 0 bridgehead atoms. The van der Waals surface area contributed by atoms with E-state index in [0.29, 0.717) is 28.2 Å². The summed E-state index contributed by atoms with van der Waals surface area (Å²) in [6.45, 7) is 0. The second kappa shape index (κ2) is 4.63. The smallest absolute Gasteiger partial charge is 0.343 e. The van der Waals surface area contributed by atoms with Crippen molar-refractivity contribution in [2.45, 2.75) is 10.9 Å². The Hall–Kier alpha value is -2.36. The predicted molar refractivity (Wildman–Crippen MR) is 74.1 cm³/mol. The van der Waals surface area contributed by atoms with Crippen LogP contribution in [0.5, 0.6) is 0 Å². The third kappa shape index (κ3) is 2.03. The Bertz CT molecular complexity index is 832. The Labute approximate surface area is 117 Å². The highest BCUT2D eigenvalue weighted by molar-refractivity contribution is 7.98. The Morgan fingerprint density at radius 3 is 2.90 bits per heavy atom. The molecule has 0 atom stereocenters. The zero-order chi connectivity index (χ0) is 14.3. The fourth-order valence-electron chi connectivity index (χ4n) is 1.75. The first-order valence-corrected chi connectivity index (χ1v) is 6.73. The molecular formula is C10H12N8OS. The van der Waals surface area contributed by atoms with Crippen molar-refractivity contribution in [1.29, 1.82) is 0 Å². The maximum absolute atomic E-state index is 11.3. The van der Waals surface area contributed by atoms with E-state index >= 15 is 0 Å². The van der Waals surface area contributed by atoms with Crippen LogP contribution in [0.4, 0.5) is 5.82 Å². The number of fused-ring (bicyclic) bond motifs is 1. The Kier molecular flexibility index (Phi) is 2.93. The largest absolute Gasteiger partial charge is 0.383 e. The van der Waals surface area contributed by atoms with Crippen LogP contribution < -0.4 is 11.4 Å². The molecule has 0 amide bonds. The van der Waals surface area contributed by atoms with Gasteiger partial charge in [-0.05, 0) is 0 Å². The minimum absolute atomic E-state index is 0.255. The first kappa shape index (κ1) is 12.7. The summed E-state index contributed by atoms with van der Waals surface area (Å²) in [5, 5.41) is 11.7. The van der Waals surface area contributed by atoms with Gasteiger partial charge in [0, 0.05) is 14.1 Å². The van der Waals surface area contributed by atoms with Gasteiger partial charge in [-0.15, -0.1) is 5.10 Å². The number of thioether (sulfide) groups is 1. The van der Waals surface area contributed by atoms with Gasteiger partial charge in [0.05, 0.1) is 17.3 Å². The summed E-state index contributed by atoms with van der Waals surface area (Å²) in [5.74, 6) is 1.43. The molecule has 3 rings (SSSR count). The average Bonchev–Trinajstić information content (AvgIpc) is 2.94. The zero-order valence-corrected chi connectivity index (χ0v) is 11.7. The lowest BCUT2D eigenvalue weighted by molar-refractivity contribution is 0.764. The van der Waals surface area contributed by atoms with Crippen molar-refractivity contribution >= 4 is 28.6 Å². The molecule has 20 heavy (non-hydrogen) atoms. The number of aryl methyl sites for hydroxylation is 1. The molecule has 0 aliphatic carbocycles. The number of rotatable bonds is 3. The minimum Gasteiger partial charge on any atom is -0.383 e. The first-order chi connectivity index (χ1) is 9.56. The number of nitrogens with two attached hydrogens (primary N) is 1. The summed E-state index contributed by atoms with van der Waals surface area (Å²) in [5.41, 5.74) is 6.31.